The molecule has 3 amide bonds. The Morgan fingerprint density at radius 3 is 2.39 bits per heavy atom. The maximum Gasteiger partial charge on any atom is 0.417 e. The van der Waals surface area contributed by atoms with Crippen LogP contribution in [0.3, 0.4) is 0 Å². The maximum atomic E-state index is 14.7. The van der Waals surface area contributed by atoms with E-state index in [1.54, 1.807) is 41.7 Å². The van der Waals surface area contributed by atoms with Crippen LogP contribution in [0.15, 0.2) is 12.1 Å². The topological polar surface area (TPSA) is 97.8 Å². The zero-order chi connectivity index (χ0) is 33.8. The largest absolute Gasteiger partial charge is 0.478 e. The highest BCUT2D eigenvalue weighted by molar-refractivity contribution is 6.03. The number of hydrogen-bond donors (Lipinski definition) is 0. The van der Waals surface area contributed by atoms with Gasteiger partial charge in [0, 0.05) is 58.5 Å². The van der Waals surface area contributed by atoms with Crippen molar-refractivity contribution in [2.24, 2.45) is 5.92 Å². The third-order valence-electron chi connectivity index (χ3n) is 8.60. The van der Waals surface area contributed by atoms with E-state index in [0.717, 1.165) is 6.07 Å². The molecule has 10 nitrogen and oxygen atoms in total. The molecular weight excluding hydrogens is 607 g/mol. The van der Waals surface area contributed by atoms with Crippen LogP contribution < -0.4 is 9.64 Å². The van der Waals surface area contributed by atoms with Crippen molar-refractivity contribution in [3.8, 4) is 5.75 Å². The molecule has 0 saturated carbocycles. The van der Waals surface area contributed by atoms with E-state index in [1.165, 1.54) is 20.8 Å². The molecule has 0 spiro atoms. The molecule has 13 heteroatoms. The maximum absolute atomic E-state index is 14.7. The van der Waals surface area contributed by atoms with Crippen molar-refractivity contribution in [2.45, 2.75) is 103 Å². The first-order chi connectivity index (χ1) is 21.6. The van der Waals surface area contributed by atoms with Crippen LogP contribution in [-0.2, 0) is 25.2 Å². The first-order valence-corrected chi connectivity index (χ1v) is 16.2. The van der Waals surface area contributed by atoms with Crippen molar-refractivity contribution in [3.05, 3.63) is 23.3 Å². The fraction of sp³-hybridized carbons (Fsp3) is 0.727. The highest BCUT2D eigenvalue weighted by Gasteiger charge is 2.45. The summed E-state index contributed by atoms with van der Waals surface area (Å²) >= 11 is 0. The molecule has 2 fully saturated rings. The molecule has 46 heavy (non-hydrogen) atoms. The quantitative estimate of drug-likeness (QED) is 0.306. The number of piperidine rings is 1. The first-order valence-electron chi connectivity index (χ1n) is 16.2. The second-order valence-electron chi connectivity index (χ2n) is 13.6. The van der Waals surface area contributed by atoms with Gasteiger partial charge in [0.05, 0.1) is 22.9 Å². The summed E-state index contributed by atoms with van der Waals surface area (Å²) in [5.41, 5.74) is -2.26. The van der Waals surface area contributed by atoms with Gasteiger partial charge in [-0.1, -0.05) is 0 Å². The number of nitrogens with zero attached hydrogens (tertiary/aromatic N) is 3. The van der Waals surface area contributed by atoms with Gasteiger partial charge in [0.25, 0.3) is 11.8 Å². The van der Waals surface area contributed by atoms with E-state index in [1.807, 2.05) is 0 Å². The van der Waals surface area contributed by atoms with Crippen molar-refractivity contribution in [3.63, 3.8) is 0 Å². The smallest absolute Gasteiger partial charge is 0.417 e. The highest BCUT2D eigenvalue weighted by atomic mass is 19.4. The molecule has 4 rings (SSSR count). The average Bonchev–Trinajstić information content (AvgIpc) is 2.98. The van der Waals surface area contributed by atoms with Crippen LogP contribution in [0.2, 0.25) is 0 Å². The van der Waals surface area contributed by atoms with Crippen molar-refractivity contribution in [2.75, 3.05) is 51.5 Å². The molecule has 2 saturated heterocycles. The number of rotatable bonds is 9. The zero-order valence-corrected chi connectivity index (χ0v) is 27.8. The fourth-order valence-corrected chi connectivity index (χ4v) is 6.44. The Bertz CT molecular complexity index is 1240. The molecule has 0 radical (unpaired) electrons. The number of alkyl halides is 3. The molecule has 3 heterocycles. The predicted octanol–water partition coefficient (Wildman–Crippen LogP) is 5.90. The standard InChI is InChI=1S/C33H48F3N3O7/c1-21(2)39(23-10-9-13-37(20-23)31(42)46-32(3,4)5)29(40)24-18-26-27(19-25(24)33(34,35)36)45-28(22-11-16-44-17-12-22)30(41)38(26)14-7-8-15-43-6/h18-19,21-23,28H,7-17,20H2,1-6H3/t23-,28?/m1/s1. The Morgan fingerprint density at radius 1 is 1.09 bits per heavy atom. The average molecular weight is 656 g/mol. The summed E-state index contributed by atoms with van der Waals surface area (Å²) in [4.78, 5) is 45.4. The number of hydrogen-bond acceptors (Lipinski definition) is 7. The molecule has 1 aromatic rings. The van der Waals surface area contributed by atoms with Crippen LogP contribution in [0.4, 0.5) is 23.7 Å². The summed E-state index contributed by atoms with van der Waals surface area (Å²) in [6.07, 6.45) is -3.00. The van der Waals surface area contributed by atoms with Crippen LogP contribution in [0.1, 0.15) is 89.1 Å². The second-order valence-corrected chi connectivity index (χ2v) is 13.6. The monoisotopic (exact) mass is 655 g/mol. The van der Waals surface area contributed by atoms with Crippen LogP contribution in [-0.4, -0.2) is 98.1 Å². The molecule has 0 aliphatic carbocycles. The molecular formula is C33H48F3N3O7. The first kappa shape index (κ1) is 35.8. The third-order valence-corrected chi connectivity index (χ3v) is 8.60. The van der Waals surface area contributed by atoms with Crippen molar-refractivity contribution < 1.29 is 46.5 Å². The van der Waals surface area contributed by atoms with Gasteiger partial charge < -0.3 is 33.6 Å². The molecule has 0 bridgehead atoms. The highest BCUT2D eigenvalue weighted by Crippen LogP contribution is 2.44. The van der Waals surface area contributed by atoms with Gasteiger partial charge in [-0.3, -0.25) is 9.59 Å². The van der Waals surface area contributed by atoms with Crippen molar-refractivity contribution in [1.82, 2.24) is 9.80 Å². The molecule has 3 aliphatic heterocycles. The lowest BCUT2D eigenvalue weighted by atomic mass is 9.91. The number of amides is 3. The van der Waals surface area contributed by atoms with Gasteiger partial charge in [0.1, 0.15) is 11.4 Å². The number of methoxy groups -OCH3 is 1. The minimum absolute atomic E-state index is 0.0726. The minimum atomic E-state index is -4.87. The number of ether oxygens (including phenoxy) is 4. The SMILES string of the molecule is COCCCCN1C(=O)C(C2CCOCC2)Oc2cc(C(F)(F)F)c(C(=O)N(C(C)C)[C@@H]3CCCN(C(=O)OC(C)(C)C)C3)cc21. The Kier molecular flexibility index (Phi) is 11.5. The predicted molar refractivity (Wildman–Crippen MR) is 165 cm³/mol. The van der Waals surface area contributed by atoms with Crippen LogP contribution in [0.25, 0.3) is 0 Å². The van der Waals surface area contributed by atoms with E-state index >= 15 is 0 Å². The number of benzene rings is 1. The fourth-order valence-electron chi connectivity index (χ4n) is 6.44. The molecule has 3 aliphatic rings. The van der Waals surface area contributed by atoms with E-state index in [4.69, 9.17) is 18.9 Å². The van der Waals surface area contributed by atoms with E-state index in [-0.39, 0.29) is 36.4 Å². The van der Waals surface area contributed by atoms with Gasteiger partial charge in [-0.25, -0.2) is 4.79 Å². The minimum Gasteiger partial charge on any atom is -0.478 e. The van der Waals surface area contributed by atoms with Gasteiger partial charge in [-0.2, -0.15) is 13.2 Å². The zero-order valence-electron chi connectivity index (χ0n) is 27.8. The summed E-state index contributed by atoms with van der Waals surface area (Å²) in [5, 5.41) is 0. The van der Waals surface area contributed by atoms with Crippen molar-refractivity contribution in [1.29, 1.82) is 0 Å². The Labute approximate surface area is 269 Å². The summed E-state index contributed by atoms with van der Waals surface area (Å²) in [6, 6.07) is 1.02. The van der Waals surface area contributed by atoms with E-state index in [9.17, 15) is 27.6 Å². The molecule has 0 N–H and O–H groups in total. The number of halogens is 3. The second kappa shape index (κ2) is 14.8. The number of carbonyl (C=O) groups is 3. The lowest BCUT2D eigenvalue weighted by Crippen LogP contribution is -2.55. The Balaban J connectivity index is 1.73. The number of likely N-dealkylation sites (tertiary alicyclic amines) is 1. The van der Waals surface area contributed by atoms with Gasteiger partial charge in [-0.05, 0) is 85.3 Å². The normalized spacial score (nSPS) is 21.2. The summed E-state index contributed by atoms with van der Waals surface area (Å²) in [5.74, 6) is -1.44. The van der Waals surface area contributed by atoms with Crippen LogP contribution >= 0.6 is 0 Å². The molecule has 0 aromatic heterocycles. The lowest BCUT2D eigenvalue weighted by Gasteiger charge is -2.42. The molecule has 258 valence electrons. The van der Waals surface area contributed by atoms with E-state index < -0.39 is 53.1 Å². The van der Waals surface area contributed by atoms with Gasteiger partial charge in [-0.15, -0.1) is 0 Å². The Hall–Kier alpha value is -3.06. The summed E-state index contributed by atoms with van der Waals surface area (Å²) in [6.45, 7) is 10.9. The van der Waals surface area contributed by atoms with Gasteiger partial charge in [0.2, 0.25) is 0 Å². The number of carbonyl (C=O) groups excluding carboxylic acids is 3. The van der Waals surface area contributed by atoms with E-state index in [0.29, 0.717) is 64.9 Å². The Morgan fingerprint density at radius 2 is 1.78 bits per heavy atom. The van der Waals surface area contributed by atoms with E-state index in [2.05, 4.69) is 0 Å². The summed E-state index contributed by atoms with van der Waals surface area (Å²) in [7, 11) is 1.58. The lowest BCUT2D eigenvalue weighted by molar-refractivity contribution is -0.138. The number of fused-ring (bicyclic) bond motifs is 1. The number of unbranched alkanes of at least 4 members (excludes halogenated alkanes) is 1. The molecule has 2 atom stereocenters. The third kappa shape index (κ3) is 8.44. The van der Waals surface area contributed by atoms with Crippen molar-refractivity contribution >= 4 is 23.6 Å². The molecule has 1 unspecified atom stereocenters. The number of anilines is 1. The summed E-state index contributed by atoms with van der Waals surface area (Å²) < 4.78 is 66.3. The van der Waals surface area contributed by atoms with Gasteiger partial charge in [0.15, 0.2) is 6.10 Å². The molecule has 1 aromatic carbocycles. The van der Waals surface area contributed by atoms with Gasteiger partial charge >= 0.3 is 12.3 Å². The van der Waals surface area contributed by atoms with Crippen LogP contribution in [0.5, 0.6) is 5.75 Å². The van der Waals surface area contributed by atoms with Crippen LogP contribution in [0, 0.1) is 5.92 Å².